The van der Waals surface area contributed by atoms with Crippen molar-refractivity contribution >= 4 is 11.6 Å². The first kappa shape index (κ1) is 20.5. The van der Waals surface area contributed by atoms with Crippen molar-refractivity contribution in [2.24, 2.45) is 0 Å². The van der Waals surface area contributed by atoms with Gasteiger partial charge >= 0.3 is 0 Å². The fourth-order valence-corrected chi connectivity index (χ4v) is 5.42. The average molecular weight is 424 g/mol. The fraction of sp³-hybridized carbons (Fsp3) is 0.625. The maximum atomic E-state index is 13.5. The number of nitrogens with zero attached hydrogens (tertiary/aromatic N) is 3. The zero-order valence-electron chi connectivity index (χ0n) is 18.2. The molecule has 1 aromatic heterocycles. The van der Waals surface area contributed by atoms with Crippen molar-refractivity contribution in [1.82, 2.24) is 20.1 Å². The van der Waals surface area contributed by atoms with Gasteiger partial charge in [0.1, 0.15) is 17.2 Å². The van der Waals surface area contributed by atoms with E-state index >= 15 is 0 Å². The van der Waals surface area contributed by atoms with Gasteiger partial charge in [0.05, 0.1) is 0 Å². The van der Waals surface area contributed by atoms with E-state index in [1.54, 1.807) is 0 Å². The number of anilines is 1. The molecule has 1 aliphatic carbocycles. The summed E-state index contributed by atoms with van der Waals surface area (Å²) in [6, 6.07) is 10.3. The number of ether oxygens (including phenoxy) is 1. The Morgan fingerprint density at radius 1 is 1.03 bits per heavy atom. The van der Waals surface area contributed by atoms with E-state index in [1.807, 2.05) is 30.3 Å². The molecule has 1 atom stereocenters. The summed E-state index contributed by atoms with van der Waals surface area (Å²) in [6.45, 7) is 2.49. The molecule has 31 heavy (non-hydrogen) atoms. The van der Waals surface area contributed by atoms with Crippen LogP contribution in [0.15, 0.2) is 30.3 Å². The summed E-state index contributed by atoms with van der Waals surface area (Å²) < 4.78 is 7.83. The molecule has 3 aliphatic rings. The van der Waals surface area contributed by atoms with Crippen molar-refractivity contribution in [3.05, 3.63) is 42.0 Å². The minimum absolute atomic E-state index is 0.154. The lowest BCUT2D eigenvalue weighted by molar-refractivity contribution is -0.126. The molecule has 1 saturated heterocycles. The Balaban J connectivity index is 1.25. The highest BCUT2D eigenvalue weighted by Gasteiger charge is 2.42. The first-order valence-corrected chi connectivity index (χ1v) is 11.9. The number of carbonyl (C=O) groups excluding carboxylic acids is 1. The number of amides is 1. The predicted octanol–water partition coefficient (Wildman–Crippen LogP) is 3.42. The third-order valence-electron chi connectivity index (χ3n) is 7.24. The SMILES string of the molecule is O=C(NC1CCc2nnc(C3CCOCC3)n2CC1)C1(Nc2ccccc2)CCCC1. The maximum Gasteiger partial charge on any atom is 0.245 e. The highest BCUT2D eigenvalue weighted by molar-refractivity contribution is 5.90. The van der Waals surface area contributed by atoms with Crippen molar-refractivity contribution in [3.63, 3.8) is 0 Å². The third-order valence-corrected chi connectivity index (χ3v) is 7.24. The van der Waals surface area contributed by atoms with Crippen LogP contribution in [0.25, 0.3) is 0 Å². The summed E-state index contributed by atoms with van der Waals surface area (Å²) >= 11 is 0. The van der Waals surface area contributed by atoms with Crippen molar-refractivity contribution in [1.29, 1.82) is 0 Å². The van der Waals surface area contributed by atoms with Gasteiger partial charge in [-0.05, 0) is 50.7 Å². The van der Waals surface area contributed by atoms with E-state index in [-0.39, 0.29) is 11.9 Å². The standard InChI is InChI=1S/C24H33N5O2/c30-23(24(13-4-5-14-24)26-20-6-2-1-3-7-20)25-19-8-9-21-27-28-22(29(21)15-10-19)18-11-16-31-17-12-18/h1-3,6-7,18-19,26H,4-5,8-17H2,(H,25,30). The van der Waals surface area contributed by atoms with Gasteiger partial charge in [0.25, 0.3) is 0 Å². The van der Waals surface area contributed by atoms with Gasteiger partial charge in [0.2, 0.25) is 5.91 Å². The van der Waals surface area contributed by atoms with Crippen LogP contribution in [0.3, 0.4) is 0 Å². The lowest BCUT2D eigenvalue weighted by Crippen LogP contribution is -2.53. The van der Waals surface area contributed by atoms with E-state index in [9.17, 15) is 4.79 Å². The molecule has 0 radical (unpaired) electrons. The van der Waals surface area contributed by atoms with Crippen LogP contribution in [0.4, 0.5) is 5.69 Å². The van der Waals surface area contributed by atoms with Gasteiger partial charge in [-0.1, -0.05) is 31.0 Å². The largest absolute Gasteiger partial charge is 0.381 e. The van der Waals surface area contributed by atoms with Crippen molar-refractivity contribution in [2.75, 3.05) is 18.5 Å². The molecule has 7 heteroatoms. The number of carbonyl (C=O) groups is 1. The molecule has 166 valence electrons. The molecule has 1 aromatic carbocycles. The number of rotatable bonds is 5. The zero-order chi connectivity index (χ0) is 21.1. The monoisotopic (exact) mass is 423 g/mol. The number of aryl methyl sites for hydroxylation is 1. The topological polar surface area (TPSA) is 81.1 Å². The fourth-order valence-electron chi connectivity index (χ4n) is 5.42. The molecule has 7 nitrogen and oxygen atoms in total. The van der Waals surface area contributed by atoms with Crippen LogP contribution in [-0.2, 0) is 22.5 Å². The summed E-state index contributed by atoms with van der Waals surface area (Å²) in [7, 11) is 0. The summed E-state index contributed by atoms with van der Waals surface area (Å²) in [5.41, 5.74) is 0.531. The second kappa shape index (κ2) is 8.99. The smallest absolute Gasteiger partial charge is 0.245 e. The molecule has 1 amide bonds. The van der Waals surface area contributed by atoms with Gasteiger partial charge in [-0.3, -0.25) is 4.79 Å². The Hall–Kier alpha value is -2.41. The molecular formula is C24H33N5O2. The maximum absolute atomic E-state index is 13.5. The Kier molecular flexibility index (Phi) is 5.94. The van der Waals surface area contributed by atoms with Gasteiger partial charge in [0, 0.05) is 43.8 Å². The minimum atomic E-state index is -0.490. The first-order valence-electron chi connectivity index (χ1n) is 11.9. The summed E-state index contributed by atoms with van der Waals surface area (Å²) in [6.07, 6.45) is 8.70. The number of hydrogen-bond donors (Lipinski definition) is 2. The highest BCUT2D eigenvalue weighted by Crippen LogP contribution is 2.34. The lowest BCUT2D eigenvalue weighted by Gasteiger charge is -2.32. The molecule has 3 heterocycles. The number of fused-ring (bicyclic) bond motifs is 1. The Labute approximate surface area is 184 Å². The normalized spacial score (nSPS) is 23.7. The summed E-state index contributed by atoms with van der Waals surface area (Å²) in [4.78, 5) is 13.5. The summed E-state index contributed by atoms with van der Waals surface area (Å²) in [5, 5.41) is 16.0. The Bertz CT molecular complexity index is 885. The van der Waals surface area contributed by atoms with E-state index in [0.717, 1.165) is 94.9 Å². The van der Waals surface area contributed by atoms with Crippen LogP contribution in [0.5, 0.6) is 0 Å². The number of nitrogens with one attached hydrogen (secondary N) is 2. The molecule has 2 aliphatic heterocycles. The number of para-hydroxylation sites is 1. The quantitative estimate of drug-likeness (QED) is 0.770. The van der Waals surface area contributed by atoms with Gasteiger partial charge in [-0.25, -0.2) is 0 Å². The van der Waals surface area contributed by atoms with Gasteiger partial charge in [-0.2, -0.15) is 0 Å². The van der Waals surface area contributed by atoms with Crippen LogP contribution in [-0.4, -0.2) is 45.5 Å². The Morgan fingerprint density at radius 2 is 1.81 bits per heavy atom. The van der Waals surface area contributed by atoms with E-state index in [0.29, 0.717) is 5.92 Å². The second-order valence-electron chi connectivity index (χ2n) is 9.29. The van der Waals surface area contributed by atoms with Crippen molar-refractivity contribution < 1.29 is 9.53 Å². The predicted molar refractivity (Wildman–Crippen MR) is 119 cm³/mol. The average Bonchev–Trinajstić information content (AvgIpc) is 3.40. The van der Waals surface area contributed by atoms with Gasteiger partial charge in [-0.15, -0.1) is 10.2 Å². The molecule has 1 unspecified atom stereocenters. The van der Waals surface area contributed by atoms with Gasteiger partial charge in [0.15, 0.2) is 0 Å². The van der Waals surface area contributed by atoms with E-state index in [2.05, 4.69) is 25.4 Å². The summed E-state index contributed by atoms with van der Waals surface area (Å²) in [5.74, 6) is 2.78. The Morgan fingerprint density at radius 3 is 2.58 bits per heavy atom. The number of benzene rings is 1. The molecule has 2 N–H and O–H groups in total. The minimum Gasteiger partial charge on any atom is -0.381 e. The number of aromatic nitrogens is 3. The first-order chi connectivity index (χ1) is 15.2. The molecule has 5 rings (SSSR count). The molecule has 2 aromatic rings. The third kappa shape index (κ3) is 4.33. The van der Waals surface area contributed by atoms with Crippen LogP contribution in [0.2, 0.25) is 0 Å². The van der Waals surface area contributed by atoms with E-state index < -0.39 is 5.54 Å². The highest BCUT2D eigenvalue weighted by atomic mass is 16.5. The molecule has 0 bridgehead atoms. The van der Waals surface area contributed by atoms with Crippen LogP contribution >= 0.6 is 0 Å². The van der Waals surface area contributed by atoms with Crippen molar-refractivity contribution in [2.45, 2.75) is 81.8 Å². The van der Waals surface area contributed by atoms with E-state index in [1.165, 1.54) is 0 Å². The molecule has 0 spiro atoms. The van der Waals surface area contributed by atoms with Crippen LogP contribution in [0, 0.1) is 0 Å². The lowest BCUT2D eigenvalue weighted by atomic mass is 9.94. The number of hydrogen-bond acceptors (Lipinski definition) is 5. The molecule has 1 saturated carbocycles. The van der Waals surface area contributed by atoms with Crippen LogP contribution in [0.1, 0.15) is 68.9 Å². The van der Waals surface area contributed by atoms with Crippen LogP contribution < -0.4 is 10.6 Å². The van der Waals surface area contributed by atoms with Gasteiger partial charge < -0.3 is 19.9 Å². The molecule has 2 fully saturated rings. The second-order valence-corrected chi connectivity index (χ2v) is 9.29. The van der Waals surface area contributed by atoms with E-state index in [4.69, 9.17) is 4.74 Å². The molecular weight excluding hydrogens is 390 g/mol. The van der Waals surface area contributed by atoms with Crippen molar-refractivity contribution in [3.8, 4) is 0 Å². The zero-order valence-corrected chi connectivity index (χ0v) is 18.2.